The lowest BCUT2D eigenvalue weighted by Crippen LogP contribution is -1.89. The summed E-state index contributed by atoms with van der Waals surface area (Å²) in [7, 11) is 0. The summed E-state index contributed by atoms with van der Waals surface area (Å²) in [5, 5.41) is 7.89. The number of nitrogens with zero attached hydrogens (tertiary/aromatic N) is 2. The summed E-state index contributed by atoms with van der Waals surface area (Å²) >= 11 is 0. The largest absolute Gasteiger partial charge is 0.207 e. The van der Waals surface area contributed by atoms with E-state index in [2.05, 4.69) is 10.2 Å². The topological polar surface area (TPSA) is 25.8 Å². The van der Waals surface area contributed by atoms with Gasteiger partial charge >= 0.3 is 0 Å². The van der Waals surface area contributed by atoms with Gasteiger partial charge in [-0.2, -0.15) is 10.2 Å². The molecule has 1 heterocycles. The fraction of sp³-hybridized carbons (Fsp3) is 0.0909. The zero-order valence-corrected chi connectivity index (χ0v) is 7.74. The zero-order valence-electron chi connectivity index (χ0n) is 7.74. The van der Waals surface area contributed by atoms with Gasteiger partial charge in [0.25, 0.3) is 0 Å². The second kappa shape index (κ2) is 3.54. The molecule has 2 aromatic rings. The molecule has 0 saturated heterocycles. The van der Waals surface area contributed by atoms with Gasteiger partial charge in [-0.05, 0) is 31.2 Å². The van der Waals surface area contributed by atoms with Crippen molar-refractivity contribution in [1.82, 2.24) is 10.2 Å². The Hall–Kier alpha value is -1.77. The second-order valence-corrected chi connectivity index (χ2v) is 3.07. The van der Waals surface area contributed by atoms with Crippen LogP contribution in [0.2, 0.25) is 0 Å². The average Bonchev–Trinajstić information content (AvgIpc) is 2.19. The van der Waals surface area contributed by atoms with Gasteiger partial charge in [-0.3, -0.25) is 0 Å². The van der Waals surface area contributed by atoms with Crippen LogP contribution in [0.15, 0.2) is 36.4 Å². The monoisotopic (exact) mass is 188 g/mol. The molecule has 0 bridgehead atoms. The standard InChI is InChI=1S/C11H9FN2/c1-8-5-6-11(14-13-8)9-3-2-4-10(12)7-9/h2-7H,1H3. The normalized spacial score (nSPS) is 10.1. The van der Waals surface area contributed by atoms with Crippen LogP contribution in [0.25, 0.3) is 11.3 Å². The van der Waals surface area contributed by atoms with Gasteiger partial charge in [0.1, 0.15) is 5.82 Å². The fourth-order valence-corrected chi connectivity index (χ4v) is 1.20. The molecule has 0 fully saturated rings. The fourth-order valence-electron chi connectivity index (χ4n) is 1.20. The Kier molecular flexibility index (Phi) is 2.23. The first-order valence-corrected chi connectivity index (χ1v) is 4.32. The summed E-state index contributed by atoms with van der Waals surface area (Å²) in [4.78, 5) is 0. The number of hydrogen-bond donors (Lipinski definition) is 0. The van der Waals surface area contributed by atoms with Crippen LogP contribution < -0.4 is 0 Å². The third-order valence-corrected chi connectivity index (χ3v) is 1.92. The van der Waals surface area contributed by atoms with Crippen LogP contribution in [-0.4, -0.2) is 10.2 Å². The molecule has 2 nitrogen and oxygen atoms in total. The number of rotatable bonds is 1. The van der Waals surface area contributed by atoms with Crippen molar-refractivity contribution in [2.75, 3.05) is 0 Å². The van der Waals surface area contributed by atoms with Crippen LogP contribution in [0.4, 0.5) is 4.39 Å². The van der Waals surface area contributed by atoms with Gasteiger partial charge in [0.2, 0.25) is 0 Å². The predicted molar refractivity (Wildman–Crippen MR) is 52.2 cm³/mol. The van der Waals surface area contributed by atoms with Crippen LogP contribution >= 0.6 is 0 Å². The smallest absolute Gasteiger partial charge is 0.123 e. The maximum atomic E-state index is 12.9. The molecule has 3 heteroatoms. The molecule has 0 radical (unpaired) electrons. The summed E-state index contributed by atoms with van der Waals surface area (Å²) < 4.78 is 12.9. The lowest BCUT2D eigenvalue weighted by molar-refractivity contribution is 0.628. The lowest BCUT2D eigenvalue weighted by atomic mass is 10.1. The highest BCUT2D eigenvalue weighted by atomic mass is 19.1. The van der Waals surface area contributed by atoms with E-state index in [9.17, 15) is 4.39 Å². The number of hydrogen-bond acceptors (Lipinski definition) is 2. The SMILES string of the molecule is Cc1ccc(-c2cccc(F)c2)nn1. The number of benzene rings is 1. The van der Waals surface area contributed by atoms with Gasteiger partial charge in [0.05, 0.1) is 11.4 Å². The van der Waals surface area contributed by atoms with Crippen LogP contribution in [0.1, 0.15) is 5.69 Å². The third kappa shape index (κ3) is 1.76. The number of aryl methyl sites for hydroxylation is 1. The van der Waals surface area contributed by atoms with E-state index in [0.717, 1.165) is 11.3 Å². The van der Waals surface area contributed by atoms with Crippen LogP contribution in [0.3, 0.4) is 0 Å². The number of halogens is 1. The third-order valence-electron chi connectivity index (χ3n) is 1.92. The highest BCUT2D eigenvalue weighted by Gasteiger charge is 2.00. The highest BCUT2D eigenvalue weighted by molar-refractivity contribution is 5.58. The first-order chi connectivity index (χ1) is 6.75. The predicted octanol–water partition coefficient (Wildman–Crippen LogP) is 2.59. The first kappa shape index (κ1) is 8.81. The minimum Gasteiger partial charge on any atom is -0.207 e. The molecule has 0 spiro atoms. The highest BCUT2D eigenvalue weighted by Crippen LogP contribution is 2.16. The Balaban J connectivity index is 2.44. The van der Waals surface area contributed by atoms with Gasteiger partial charge in [-0.15, -0.1) is 0 Å². The van der Waals surface area contributed by atoms with E-state index in [1.807, 2.05) is 25.1 Å². The van der Waals surface area contributed by atoms with Crippen molar-refractivity contribution < 1.29 is 4.39 Å². The van der Waals surface area contributed by atoms with Crippen molar-refractivity contribution in [1.29, 1.82) is 0 Å². The Morgan fingerprint density at radius 2 is 1.93 bits per heavy atom. The van der Waals surface area contributed by atoms with E-state index in [-0.39, 0.29) is 5.82 Å². The van der Waals surface area contributed by atoms with E-state index in [4.69, 9.17) is 0 Å². The van der Waals surface area contributed by atoms with Crippen LogP contribution in [0.5, 0.6) is 0 Å². The molecule has 0 unspecified atom stereocenters. The van der Waals surface area contributed by atoms with Gasteiger partial charge in [-0.25, -0.2) is 4.39 Å². The lowest BCUT2D eigenvalue weighted by Gasteiger charge is -1.99. The van der Waals surface area contributed by atoms with E-state index < -0.39 is 0 Å². The first-order valence-electron chi connectivity index (χ1n) is 4.32. The zero-order chi connectivity index (χ0) is 9.97. The summed E-state index contributed by atoms with van der Waals surface area (Å²) in [6.45, 7) is 1.86. The van der Waals surface area contributed by atoms with Crippen molar-refractivity contribution in [2.45, 2.75) is 6.92 Å². The molecular formula is C11H9FN2. The Bertz CT molecular complexity index is 437. The second-order valence-electron chi connectivity index (χ2n) is 3.07. The molecule has 0 saturated carbocycles. The molecule has 14 heavy (non-hydrogen) atoms. The van der Waals surface area contributed by atoms with Gasteiger partial charge < -0.3 is 0 Å². The molecule has 0 N–H and O–H groups in total. The minimum absolute atomic E-state index is 0.259. The van der Waals surface area contributed by atoms with Crippen molar-refractivity contribution in [3.63, 3.8) is 0 Å². The molecule has 1 aromatic carbocycles. The van der Waals surface area contributed by atoms with Crippen molar-refractivity contribution in [3.05, 3.63) is 47.9 Å². The Morgan fingerprint density at radius 1 is 1.07 bits per heavy atom. The molecular weight excluding hydrogens is 179 g/mol. The maximum Gasteiger partial charge on any atom is 0.123 e. The van der Waals surface area contributed by atoms with Gasteiger partial charge in [0.15, 0.2) is 0 Å². The molecule has 70 valence electrons. The van der Waals surface area contributed by atoms with Crippen LogP contribution in [0, 0.1) is 12.7 Å². The maximum absolute atomic E-state index is 12.9. The molecule has 0 aliphatic heterocycles. The van der Waals surface area contributed by atoms with Gasteiger partial charge in [-0.1, -0.05) is 12.1 Å². The van der Waals surface area contributed by atoms with Crippen molar-refractivity contribution in [3.8, 4) is 11.3 Å². The summed E-state index contributed by atoms with van der Waals surface area (Å²) in [6, 6.07) is 10.0. The Labute approximate surface area is 81.4 Å². The summed E-state index contributed by atoms with van der Waals surface area (Å²) in [6.07, 6.45) is 0. The van der Waals surface area contributed by atoms with E-state index >= 15 is 0 Å². The Morgan fingerprint density at radius 3 is 2.57 bits per heavy atom. The summed E-state index contributed by atoms with van der Waals surface area (Å²) in [5.41, 5.74) is 2.29. The van der Waals surface area contributed by atoms with E-state index in [1.165, 1.54) is 12.1 Å². The number of aromatic nitrogens is 2. The molecule has 0 amide bonds. The van der Waals surface area contributed by atoms with E-state index in [0.29, 0.717) is 5.69 Å². The molecule has 0 atom stereocenters. The quantitative estimate of drug-likeness (QED) is 0.687. The molecule has 1 aromatic heterocycles. The molecule has 0 aliphatic rings. The average molecular weight is 188 g/mol. The summed E-state index contributed by atoms with van der Waals surface area (Å²) in [5.74, 6) is -0.259. The molecule has 2 rings (SSSR count). The van der Waals surface area contributed by atoms with Crippen molar-refractivity contribution in [2.24, 2.45) is 0 Å². The van der Waals surface area contributed by atoms with E-state index in [1.54, 1.807) is 6.07 Å². The van der Waals surface area contributed by atoms with Crippen LogP contribution in [-0.2, 0) is 0 Å². The van der Waals surface area contributed by atoms with Crippen molar-refractivity contribution >= 4 is 0 Å². The minimum atomic E-state index is -0.259. The van der Waals surface area contributed by atoms with Gasteiger partial charge in [0, 0.05) is 5.56 Å². The molecule has 0 aliphatic carbocycles.